The minimum absolute atomic E-state index is 0.0463. The summed E-state index contributed by atoms with van der Waals surface area (Å²) in [6, 6.07) is 0.412. The van der Waals surface area contributed by atoms with Crippen LogP contribution in [0.15, 0.2) is 0 Å². The average molecular weight is 142 g/mol. The van der Waals surface area contributed by atoms with E-state index in [0.29, 0.717) is 6.04 Å². The molecule has 1 saturated carbocycles. The second-order valence-corrected chi connectivity index (χ2v) is 3.47. The average Bonchev–Trinajstić information content (AvgIpc) is 2.47. The Morgan fingerprint density at radius 2 is 2.10 bits per heavy atom. The van der Waals surface area contributed by atoms with Crippen LogP contribution >= 0.6 is 0 Å². The molecule has 0 bridgehead atoms. The van der Waals surface area contributed by atoms with E-state index < -0.39 is 5.54 Å². The maximum Gasteiger partial charge on any atom is 0.239 e. The first kappa shape index (κ1) is 7.54. The van der Waals surface area contributed by atoms with Gasteiger partial charge in [0.2, 0.25) is 5.91 Å². The highest BCUT2D eigenvalue weighted by atomic mass is 16.2. The number of nitrogens with one attached hydrogen (secondary N) is 1. The van der Waals surface area contributed by atoms with E-state index in [-0.39, 0.29) is 5.91 Å². The third kappa shape index (κ3) is 1.99. The van der Waals surface area contributed by atoms with E-state index in [9.17, 15) is 4.79 Å². The topological polar surface area (TPSA) is 55.1 Å². The molecule has 0 spiro atoms. The summed E-state index contributed by atoms with van der Waals surface area (Å²) in [5.41, 5.74) is 4.82. The number of carbonyl (C=O) groups excluding carboxylic acids is 1. The zero-order valence-corrected chi connectivity index (χ0v) is 6.48. The monoisotopic (exact) mass is 142 g/mol. The van der Waals surface area contributed by atoms with Crippen LogP contribution in [-0.4, -0.2) is 17.5 Å². The van der Waals surface area contributed by atoms with Crippen LogP contribution < -0.4 is 11.1 Å². The predicted molar refractivity (Wildman–Crippen MR) is 39.4 cm³/mol. The van der Waals surface area contributed by atoms with Gasteiger partial charge >= 0.3 is 0 Å². The van der Waals surface area contributed by atoms with Gasteiger partial charge in [0, 0.05) is 6.04 Å². The third-order valence-corrected chi connectivity index (χ3v) is 1.50. The van der Waals surface area contributed by atoms with Gasteiger partial charge in [-0.1, -0.05) is 0 Å². The van der Waals surface area contributed by atoms with E-state index in [1.807, 2.05) is 0 Å². The third-order valence-electron chi connectivity index (χ3n) is 1.50. The Morgan fingerprint density at radius 3 is 2.40 bits per heavy atom. The van der Waals surface area contributed by atoms with Crippen LogP contribution in [0.1, 0.15) is 26.7 Å². The Kier molecular flexibility index (Phi) is 1.68. The molecule has 3 N–H and O–H groups in total. The Bertz CT molecular complexity index is 144. The fourth-order valence-electron chi connectivity index (χ4n) is 0.599. The lowest BCUT2D eigenvalue weighted by Gasteiger charge is -2.17. The van der Waals surface area contributed by atoms with Gasteiger partial charge < -0.3 is 11.1 Å². The smallest absolute Gasteiger partial charge is 0.239 e. The van der Waals surface area contributed by atoms with Gasteiger partial charge in [-0.2, -0.15) is 0 Å². The van der Waals surface area contributed by atoms with Gasteiger partial charge in [-0.15, -0.1) is 0 Å². The summed E-state index contributed by atoms with van der Waals surface area (Å²) in [5.74, 6) is -0.0463. The van der Waals surface area contributed by atoms with Crippen molar-refractivity contribution in [2.75, 3.05) is 0 Å². The molecule has 1 rings (SSSR count). The molecule has 1 aliphatic rings. The molecule has 0 radical (unpaired) electrons. The number of rotatable bonds is 2. The molecule has 0 aromatic rings. The van der Waals surface area contributed by atoms with E-state index in [4.69, 9.17) is 5.73 Å². The highest BCUT2D eigenvalue weighted by Gasteiger charge is 2.29. The van der Waals surface area contributed by atoms with Crippen molar-refractivity contribution in [3.05, 3.63) is 0 Å². The number of nitrogens with two attached hydrogens (primary N) is 1. The van der Waals surface area contributed by atoms with Crippen molar-refractivity contribution in [3.63, 3.8) is 0 Å². The molecule has 10 heavy (non-hydrogen) atoms. The van der Waals surface area contributed by atoms with Crippen LogP contribution in [0, 0.1) is 0 Å². The van der Waals surface area contributed by atoms with Gasteiger partial charge in [-0.3, -0.25) is 4.79 Å². The number of hydrogen-bond acceptors (Lipinski definition) is 2. The van der Waals surface area contributed by atoms with Crippen LogP contribution in [-0.2, 0) is 4.79 Å². The van der Waals surface area contributed by atoms with Gasteiger partial charge in [0.25, 0.3) is 0 Å². The second kappa shape index (κ2) is 2.23. The molecule has 0 aromatic carbocycles. The Hall–Kier alpha value is -0.570. The first-order valence-corrected chi connectivity index (χ1v) is 3.60. The van der Waals surface area contributed by atoms with Crippen LogP contribution in [0.4, 0.5) is 0 Å². The summed E-state index contributed by atoms with van der Waals surface area (Å²) >= 11 is 0. The van der Waals surface area contributed by atoms with Gasteiger partial charge in [0.1, 0.15) is 0 Å². The Labute approximate surface area is 61.0 Å². The molecule has 0 atom stereocenters. The molecule has 1 fully saturated rings. The van der Waals surface area contributed by atoms with Crippen molar-refractivity contribution in [2.24, 2.45) is 5.73 Å². The maximum atomic E-state index is 11.1. The molecule has 1 aliphatic carbocycles. The van der Waals surface area contributed by atoms with E-state index in [0.717, 1.165) is 12.8 Å². The molecule has 3 heteroatoms. The normalized spacial score (nSPS) is 18.7. The second-order valence-electron chi connectivity index (χ2n) is 3.47. The van der Waals surface area contributed by atoms with Gasteiger partial charge in [-0.25, -0.2) is 0 Å². The van der Waals surface area contributed by atoms with Crippen molar-refractivity contribution in [1.29, 1.82) is 0 Å². The lowest BCUT2D eigenvalue weighted by molar-refractivity contribution is -0.125. The summed E-state index contributed by atoms with van der Waals surface area (Å²) < 4.78 is 0. The van der Waals surface area contributed by atoms with Crippen LogP contribution in [0.25, 0.3) is 0 Å². The SMILES string of the molecule is CC(C)(N)C(=O)NC1CC1. The molecular formula is C7H14N2O. The maximum absolute atomic E-state index is 11.1. The van der Waals surface area contributed by atoms with E-state index in [2.05, 4.69) is 5.32 Å². The fraction of sp³-hybridized carbons (Fsp3) is 0.857. The molecule has 0 saturated heterocycles. The summed E-state index contributed by atoms with van der Waals surface area (Å²) in [7, 11) is 0. The molecule has 0 aromatic heterocycles. The largest absolute Gasteiger partial charge is 0.352 e. The van der Waals surface area contributed by atoms with Crippen molar-refractivity contribution in [3.8, 4) is 0 Å². The van der Waals surface area contributed by atoms with Crippen molar-refractivity contribution in [1.82, 2.24) is 5.32 Å². The summed E-state index contributed by atoms with van der Waals surface area (Å²) in [4.78, 5) is 11.1. The first-order chi connectivity index (χ1) is 4.50. The molecule has 58 valence electrons. The molecule has 0 unspecified atom stereocenters. The predicted octanol–water partition coefficient (Wildman–Crippen LogP) is 0.00230. The zero-order valence-electron chi connectivity index (χ0n) is 6.48. The molecule has 1 amide bonds. The zero-order chi connectivity index (χ0) is 7.78. The van der Waals surface area contributed by atoms with Gasteiger partial charge in [0.05, 0.1) is 5.54 Å². The number of carbonyl (C=O) groups is 1. The standard InChI is InChI=1S/C7H14N2O/c1-7(2,8)6(10)9-5-3-4-5/h5H,3-4,8H2,1-2H3,(H,9,10). The van der Waals surface area contributed by atoms with E-state index >= 15 is 0 Å². The molecule has 3 nitrogen and oxygen atoms in total. The Morgan fingerprint density at radius 1 is 1.60 bits per heavy atom. The van der Waals surface area contributed by atoms with Crippen molar-refractivity contribution < 1.29 is 4.79 Å². The highest BCUT2D eigenvalue weighted by Crippen LogP contribution is 2.19. The van der Waals surface area contributed by atoms with Crippen molar-refractivity contribution in [2.45, 2.75) is 38.3 Å². The molecular weight excluding hydrogens is 128 g/mol. The molecule has 0 heterocycles. The number of amides is 1. The summed E-state index contributed by atoms with van der Waals surface area (Å²) in [5, 5.41) is 2.83. The van der Waals surface area contributed by atoms with Gasteiger partial charge in [0.15, 0.2) is 0 Å². The first-order valence-electron chi connectivity index (χ1n) is 3.60. The van der Waals surface area contributed by atoms with E-state index in [1.54, 1.807) is 13.8 Å². The quantitative estimate of drug-likeness (QED) is 0.570. The lowest BCUT2D eigenvalue weighted by atomic mass is 10.1. The van der Waals surface area contributed by atoms with Crippen LogP contribution in [0.3, 0.4) is 0 Å². The highest BCUT2D eigenvalue weighted by molar-refractivity contribution is 5.85. The minimum Gasteiger partial charge on any atom is -0.352 e. The van der Waals surface area contributed by atoms with Gasteiger partial charge in [-0.05, 0) is 26.7 Å². The summed E-state index contributed by atoms with van der Waals surface area (Å²) in [6.45, 7) is 3.43. The fourth-order valence-corrected chi connectivity index (χ4v) is 0.599. The Balaban J connectivity index is 2.32. The minimum atomic E-state index is -0.720. The molecule has 0 aliphatic heterocycles. The lowest BCUT2D eigenvalue weighted by Crippen LogP contribution is -2.49. The van der Waals surface area contributed by atoms with E-state index in [1.165, 1.54) is 0 Å². The van der Waals surface area contributed by atoms with Crippen LogP contribution in [0.2, 0.25) is 0 Å². The summed E-state index contributed by atoms with van der Waals surface area (Å²) in [6.07, 6.45) is 2.23. The number of hydrogen-bond donors (Lipinski definition) is 2. The van der Waals surface area contributed by atoms with Crippen molar-refractivity contribution >= 4 is 5.91 Å². The van der Waals surface area contributed by atoms with Crippen LogP contribution in [0.5, 0.6) is 0 Å².